The van der Waals surface area contributed by atoms with E-state index >= 15 is 0 Å². The van der Waals surface area contributed by atoms with Crippen molar-refractivity contribution in [1.29, 1.82) is 0 Å². The smallest absolute Gasteiger partial charge is 0.310 e. The minimum Gasteiger partial charge on any atom is -0.466 e. The molecule has 1 atom stereocenters. The number of anilines is 1. The summed E-state index contributed by atoms with van der Waals surface area (Å²) in [5.74, 6) is -0.442. The molecule has 0 aliphatic heterocycles. The molecule has 3 aromatic rings. The molecular weight excluding hydrogens is 348 g/mol. The number of halogens is 1. The average Bonchev–Trinajstić information content (AvgIpc) is 3.12. The zero-order chi connectivity index (χ0) is 17.1. The highest BCUT2D eigenvalue weighted by Crippen LogP contribution is 2.25. The number of esters is 1. The molecule has 1 N–H and O–H groups in total. The Balaban J connectivity index is 1.68. The Morgan fingerprint density at radius 1 is 1.42 bits per heavy atom. The summed E-state index contributed by atoms with van der Waals surface area (Å²) in [6.45, 7) is 4.48. The fraction of sp³-hybridized carbons (Fsp3) is 0.312. The molecule has 3 rings (SSSR count). The molecule has 0 fully saturated rings. The number of benzene rings is 1. The van der Waals surface area contributed by atoms with Gasteiger partial charge < -0.3 is 10.1 Å². The molecule has 24 heavy (non-hydrogen) atoms. The second-order valence-corrected chi connectivity index (χ2v) is 6.69. The Kier molecular flexibility index (Phi) is 5.01. The van der Waals surface area contributed by atoms with Gasteiger partial charge in [-0.25, -0.2) is 9.50 Å². The quantitative estimate of drug-likeness (QED) is 0.675. The van der Waals surface area contributed by atoms with Gasteiger partial charge in [0.2, 0.25) is 10.1 Å². The second kappa shape index (κ2) is 7.19. The highest BCUT2D eigenvalue weighted by molar-refractivity contribution is 7.20. The molecule has 2 heterocycles. The lowest BCUT2D eigenvalue weighted by molar-refractivity contribution is -0.146. The lowest BCUT2D eigenvalue weighted by Gasteiger charge is -2.10. The fourth-order valence-electron chi connectivity index (χ4n) is 2.14. The Bertz CT molecular complexity index is 812. The molecule has 0 saturated carbocycles. The van der Waals surface area contributed by atoms with Crippen LogP contribution in [0.2, 0.25) is 5.02 Å². The fourth-order valence-corrected chi connectivity index (χ4v) is 3.05. The van der Waals surface area contributed by atoms with Gasteiger partial charge in [-0.15, -0.1) is 5.10 Å². The largest absolute Gasteiger partial charge is 0.466 e. The third-order valence-corrected chi connectivity index (χ3v) is 4.56. The van der Waals surface area contributed by atoms with Crippen LogP contribution in [0.25, 0.3) is 16.2 Å². The molecule has 0 saturated heterocycles. The third kappa shape index (κ3) is 3.68. The van der Waals surface area contributed by atoms with Gasteiger partial charge in [0.15, 0.2) is 0 Å². The van der Waals surface area contributed by atoms with Crippen molar-refractivity contribution < 1.29 is 9.53 Å². The van der Waals surface area contributed by atoms with Gasteiger partial charge in [-0.2, -0.15) is 0 Å². The summed E-state index contributed by atoms with van der Waals surface area (Å²) in [7, 11) is 0. The summed E-state index contributed by atoms with van der Waals surface area (Å²) in [5.41, 5.74) is 1.83. The Labute approximate surface area is 148 Å². The van der Waals surface area contributed by atoms with E-state index in [0.717, 1.165) is 21.3 Å². The minimum atomic E-state index is -0.231. The SMILES string of the molecule is CCOC(=O)C(C)CNc1nn2cc(-c3ccc(Cl)cc3)nc2s1. The number of hydrogen-bond acceptors (Lipinski definition) is 6. The third-order valence-electron chi connectivity index (χ3n) is 3.43. The normalized spacial score (nSPS) is 12.3. The molecule has 8 heteroatoms. The summed E-state index contributed by atoms with van der Waals surface area (Å²) in [6, 6.07) is 7.52. The van der Waals surface area contributed by atoms with E-state index in [1.54, 1.807) is 11.4 Å². The summed E-state index contributed by atoms with van der Waals surface area (Å²) in [4.78, 5) is 17.0. The van der Waals surface area contributed by atoms with Crippen molar-refractivity contribution in [2.45, 2.75) is 13.8 Å². The van der Waals surface area contributed by atoms with Crippen LogP contribution in [0, 0.1) is 5.92 Å². The number of aromatic nitrogens is 3. The van der Waals surface area contributed by atoms with Crippen molar-refractivity contribution in [3.05, 3.63) is 35.5 Å². The summed E-state index contributed by atoms with van der Waals surface area (Å²) < 4.78 is 6.71. The maximum Gasteiger partial charge on any atom is 0.310 e. The van der Waals surface area contributed by atoms with E-state index in [9.17, 15) is 4.79 Å². The zero-order valence-corrected chi connectivity index (χ0v) is 14.9. The van der Waals surface area contributed by atoms with Gasteiger partial charge in [0, 0.05) is 17.1 Å². The van der Waals surface area contributed by atoms with Gasteiger partial charge >= 0.3 is 5.97 Å². The maximum absolute atomic E-state index is 11.6. The number of hydrogen-bond donors (Lipinski definition) is 1. The van der Waals surface area contributed by atoms with E-state index in [0.29, 0.717) is 18.2 Å². The van der Waals surface area contributed by atoms with Gasteiger partial charge in [0.05, 0.1) is 24.4 Å². The van der Waals surface area contributed by atoms with Gasteiger partial charge in [-0.05, 0) is 19.1 Å². The molecule has 0 aliphatic carbocycles. The van der Waals surface area contributed by atoms with Crippen LogP contribution < -0.4 is 5.32 Å². The first-order valence-electron chi connectivity index (χ1n) is 7.59. The van der Waals surface area contributed by atoms with Crippen molar-refractivity contribution >= 4 is 39.0 Å². The summed E-state index contributed by atoms with van der Waals surface area (Å²) >= 11 is 7.34. The molecular formula is C16H17ClN4O2S. The molecule has 0 bridgehead atoms. The van der Waals surface area contributed by atoms with Crippen LogP contribution in [0.4, 0.5) is 5.13 Å². The number of carbonyl (C=O) groups is 1. The molecule has 0 amide bonds. The van der Waals surface area contributed by atoms with E-state index in [1.165, 1.54) is 11.3 Å². The number of nitrogens with one attached hydrogen (secondary N) is 1. The molecule has 0 aliphatic rings. The minimum absolute atomic E-state index is 0.212. The molecule has 126 valence electrons. The predicted molar refractivity (Wildman–Crippen MR) is 95.6 cm³/mol. The zero-order valence-electron chi connectivity index (χ0n) is 13.3. The number of nitrogens with zero attached hydrogens (tertiary/aromatic N) is 3. The first kappa shape index (κ1) is 16.7. The monoisotopic (exact) mass is 364 g/mol. The average molecular weight is 365 g/mol. The van der Waals surface area contributed by atoms with Crippen LogP contribution >= 0.6 is 22.9 Å². The van der Waals surface area contributed by atoms with E-state index in [4.69, 9.17) is 16.3 Å². The first-order chi connectivity index (χ1) is 11.6. The number of imidazole rings is 1. The van der Waals surface area contributed by atoms with E-state index in [2.05, 4.69) is 15.4 Å². The van der Waals surface area contributed by atoms with E-state index in [1.807, 2.05) is 37.4 Å². The maximum atomic E-state index is 11.6. The molecule has 2 aromatic heterocycles. The summed E-state index contributed by atoms with van der Waals surface area (Å²) in [5, 5.41) is 9.00. The topological polar surface area (TPSA) is 68.5 Å². The lowest BCUT2D eigenvalue weighted by atomic mass is 10.2. The van der Waals surface area contributed by atoms with Crippen molar-refractivity contribution in [3.63, 3.8) is 0 Å². The van der Waals surface area contributed by atoms with Gasteiger partial charge in [-0.3, -0.25) is 4.79 Å². The summed E-state index contributed by atoms with van der Waals surface area (Å²) in [6.07, 6.45) is 1.87. The van der Waals surface area contributed by atoms with Crippen molar-refractivity contribution in [2.24, 2.45) is 5.92 Å². The molecule has 6 nitrogen and oxygen atoms in total. The van der Waals surface area contributed by atoms with Gasteiger partial charge in [-0.1, -0.05) is 42.0 Å². The number of rotatable bonds is 6. The Hall–Kier alpha value is -2.12. The van der Waals surface area contributed by atoms with Crippen LogP contribution in [0.15, 0.2) is 30.5 Å². The molecule has 1 aromatic carbocycles. The van der Waals surface area contributed by atoms with Crippen LogP contribution in [0.5, 0.6) is 0 Å². The standard InChI is InChI=1S/C16H17ClN4O2S/c1-3-23-14(22)10(2)8-18-15-20-21-9-13(19-16(21)24-15)11-4-6-12(17)7-5-11/h4-7,9-10H,3,8H2,1-2H3,(H,18,20). The van der Waals surface area contributed by atoms with E-state index in [-0.39, 0.29) is 11.9 Å². The van der Waals surface area contributed by atoms with Crippen molar-refractivity contribution in [2.75, 3.05) is 18.5 Å². The van der Waals surface area contributed by atoms with Crippen LogP contribution in [0.3, 0.4) is 0 Å². The van der Waals surface area contributed by atoms with Gasteiger partial charge in [0.1, 0.15) is 0 Å². The molecule has 1 unspecified atom stereocenters. The van der Waals surface area contributed by atoms with Gasteiger partial charge in [0.25, 0.3) is 0 Å². The number of ether oxygens (including phenoxy) is 1. The first-order valence-corrected chi connectivity index (χ1v) is 8.79. The van der Waals surface area contributed by atoms with Crippen molar-refractivity contribution in [1.82, 2.24) is 14.6 Å². The number of carbonyl (C=O) groups excluding carboxylic acids is 1. The highest BCUT2D eigenvalue weighted by atomic mass is 35.5. The number of fused-ring (bicyclic) bond motifs is 1. The lowest BCUT2D eigenvalue weighted by Crippen LogP contribution is -2.22. The predicted octanol–water partition coefficient (Wildman–Crippen LogP) is 3.72. The van der Waals surface area contributed by atoms with Crippen LogP contribution in [-0.2, 0) is 9.53 Å². The van der Waals surface area contributed by atoms with E-state index < -0.39 is 0 Å². The second-order valence-electron chi connectivity index (χ2n) is 5.30. The van der Waals surface area contributed by atoms with Crippen molar-refractivity contribution in [3.8, 4) is 11.3 Å². The Morgan fingerprint density at radius 2 is 2.17 bits per heavy atom. The Morgan fingerprint density at radius 3 is 2.83 bits per heavy atom. The molecule has 0 spiro atoms. The highest BCUT2D eigenvalue weighted by Gasteiger charge is 2.15. The van der Waals surface area contributed by atoms with Crippen LogP contribution in [-0.4, -0.2) is 33.7 Å². The van der Waals surface area contributed by atoms with Crippen LogP contribution in [0.1, 0.15) is 13.8 Å². The molecule has 0 radical (unpaired) electrons.